The minimum Gasteiger partial charge on any atom is -0.337 e. The third kappa shape index (κ3) is 1.34. The number of H-pyrrole nitrogens is 1. The Labute approximate surface area is 130 Å². The van der Waals surface area contributed by atoms with E-state index in [1.165, 1.54) is 38.5 Å². The molecule has 0 radical (unpaired) electrons. The van der Waals surface area contributed by atoms with Crippen LogP contribution in [0.25, 0.3) is 11.0 Å². The second-order valence-electron chi connectivity index (χ2n) is 8.38. The summed E-state index contributed by atoms with van der Waals surface area (Å²) in [5.74, 6) is 3.91. The van der Waals surface area contributed by atoms with Gasteiger partial charge >= 0.3 is 0 Å². The van der Waals surface area contributed by atoms with Gasteiger partial charge in [0.15, 0.2) is 0 Å². The summed E-state index contributed by atoms with van der Waals surface area (Å²) in [5.41, 5.74) is 3.11. The monoisotopic (exact) mass is 291 g/mol. The molecular weight excluding hydrogens is 270 g/mol. The number of benzene rings is 1. The van der Waals surface area contributed by atoms with Gasteiger partial charge in [0.05, 0.1) is 22.8 Å². The summed E-state index contributed by atoms with van der Waals surface area (Å²) >= 11 is 0. The fraction of sp³-hybridized carbons (Fsp3) is 0.579. The van der Waals surface area contributed by atoms with Gasteiger partial charge in [-0.25, -0.2) is 4.98 Å². The van der Waals surface area contributed by atoms with E-state index in [4.69, 9.17) is 4.99 Å². The molecule has 1 aromatic heterocycles. The van der Waals surface area contributed by atoms with Crippen LogP contribution < -0.4 is 0 Å². The summed E-state index contributed by atoms with van der Waals surface area (Å²) in [6.07, 6.45) is 10.6. The number of nitrogens with one attached hydrogen (secondary N) is 1. The first-order valence-corrected chi connectivity index (χ1v) is 8.75. The van der Waals surface area contributed by atoms with E-state index >= 15 is 0 Å². The Balaban J connectivity index is 1.36. The Morgan fingerprint density at radius 2 is 2.09 bits per heavy atom. The predicted octanol–water partition coefficient (Wildman–Crippen LogP) is 3.95. The first kappa shape index (κ1) is 11.9. The van der Waals surface area contributed by atoms with Crippen molar-refractivity contribution in [2.75, 3.05) is 0 Å². The SMILES string of the molecule is C(=NC12CC3CC4CC(C1)C4(C3)C2)c1nc2ccccc2[nH]1. The standard InChI is InChI=1S/C19H21N3/c1-2-4-16-15(3-1)21-17(22-16)10-20-18-7-12-5-13-6-14(9-18)19(13,8-12)11-18/h1-4,10,12-14H,5-9,11H2,(H,21,22). The van der Waals surface area contributed by atoms with Crippen LogP contribution in [0.2, 0.25) is 0 Å². The maximum absolute atomic E-state index is 5.13. The molecule has 1 N–H and O–H groups in total. The average molecular weight is 291 g/mol. The first-order valence-electron chi connectivity index (χ1n) is 8.75. The molecule has 4 aliphatic rings. The predicted molar refractivity (Wildman–Crippen MR) is 87.0 cm³/mol. The summed E-state index contributed by atoms with van der Waals surface area (Å²) in [7, 11) is 0. The van der Waals surface area contributed by atoms with Gasteiger partial charge in [-0.1, -0.05) is 12.1 Å². The number of aliphatic imine (C=N–C) groups is 1. The van der Waals surface area contributed by atoms with Crippen LogP contribution in [-0.4, -0.2) is 21.7 Å². The number of para-hydroxylation sites is 2. The minimum absolute atomic E-state index is 0.248. The van der Waals surface area contributed by atoms with Gasteiger partial charge in [0, 0.05) is 0 Å². The molecule has 1 spiro atoms. The number of fused-ring (bicyclic) bond motifs is 3. The van der Waals surface area contributed by atoms with Gasteiger partial charge in [-0.3, -0.25) is 4.99 Å². The van der Waals surface area contributed by atoms with E-state index in [9.17, 15) is 0 Å². The number of nitrogens with zero attached hydrogens (tertiary/aromatic N) is 2. The quantitative estimate of drug-likeness (QED) is 0.836. The lowest BCUT2D eigenvalue weighted by molar-refractivity contribution is 0.0000985. The highest BCUT2D eigenvalue weighted by molar-refractivity contribution is 5.84. The molecule has 0 amide bonds. The third-order valence-corrected chi connectivity index (χ3v) is 7.30. The zero-order chi connectivity index (χ0) is 14.4. The van der Waals surface area contributed by atoms with Crippen molar-refractivity contribution in [3.63, 3.8) is 0 Å². The van der Waals surface area contributed by atoms with Crippen LogP contribution in [0.3, 0.4) is 0 Å². The molecule has 1 heterocycles. The summed E-state index contributed by atoms with van der Waals surface area (Å²) in [4.78, 5) is 13.2. The van der Waals surface area contributed by atoms with Gasteiger partial charge in [-0.05, 0) is 73.8 Å². The summed E-state index contributed by atoms with van der Waals surface area (Å²) in [6.45, 7) is 0. The number of imidazole rings is 1. The molecule has 4 saturated carbocycles. The van der Waals surface area contributed by atoms with E-state index in [-0.39, 0.29) is 5.54 Å². The molecule has 4 fully saturated rings. The molecule has 5 atom stereocenters. The van der Waals surface area contributed by atoms with E-state index < -0.39 is 0 Å². The van der Waals surface area contributed by atoms with Crippen LogP contribution in [0.15, 0.2) is 29.3 Å². The Hall–Kier alpha value is -1.64. The second-order valence-corrected chi connectivity index (χ2v) is 8.38. The van der Waals surface area contributed by atoms with Crippen LogP contribution in [-0.2, 0) is 0 Å². The lowest BCUT2D eigenvalue weighted by Crippen LogP contribution is -2.42. The van der Waals surface area contributed by atoms with Crippen molar-refractivity contribution >= 4 is 17.2 Å². The van der Waals surface area contributed by atoms with Gasteiger partial charge in [-0.2, -0.15) is 0 Å². The summed E-state index contributed by atoms with van der Waals surface area (Å²) in [6, 6.07) is 8.22. The highest BCUT2D eigenvalue weighted by Crippen LogP contribution is 2.77. The van der Waals surface area contributed by atoms with E-state index in [1.54, 1.807) is 0 Å². The number of hydrogen-bond acceptors (Lipinski definition) is 2. The van der Waals surface area contributed by atoms with Crippen molar-refractivity contribution in [2.24, 2.45) is 28.2 Å². The fourth-order valence-electron chi connectivity index (χ4n) is 6.70. The average Bonchev–Trinajstić information content (AvgIpc) is 3.07. The highest BCUT2D eigenvalue weighted by Gasteiger charge is 2.70. The van der Waals surface area contributed by atoms with Crippen molar-refractivity contribution < 1.29 is 0 Å². The molecule has 3 bridgehead atoms. The Morgan fingerprint density at radius 1 is 1.14 bits per heavy atom. The van der Waals surface area contributed by atoms with E-state index in [0.29, 0.717) is 5.41 Å². The molecule has 112 valence electrons. The van der Waals surface area contributed by atoms with Crippen molar-refractivity contribution in [3.05, 3.63) is 30.1 Å². The minimum atomic E-state index is 0.248. The molecule has 6 rings (SSSR count). The molecule has 1 aromatic carbocycles. The smallest absolute Gasteiger partial charge is 0.149 e. The summed E-state index contributed by atoms with van der Waals surface area (Å²) in [5, 5.41) is 0. The number of aromatic amines is 1. The normalized spacial score (nSPS) is 44.8. The second kappa shape index (κ2) is 3.64. The van der Waals surface area contributed by atoms with Crippen LogP contribution in [0, 0.1) is 23.2 Å². The van der Waals surface area contributed by atoms with Gasteiger partial charge in [0.25, 0.3) is 0 Å². The largest absolute Gasteiger partial charge is 0.337 e. The molecule has 0 aliphatic heterocycles. The topological polar surface area (TPSA) is 41.0 Å². The maximum atomic E-state index is 5.13. The van der Waals surface area contributed by atoms with Crippen LogP contribution >= 0.6 is 0 Å². The van der Waals surface area contributed by atoms with Crippen molar-refractivity contribution in [3.8, 4) is 0 Å². The van der Waals surface area contributed by atoms with E-state index in [2.05, 4.69) is 22.1 Å². The molecular formula is C19H21N3. The highest BCUT2D eigenvalue weighted by atomic mass is 15.0. The number of rotatable bonds is 2. The zero-order valence-corrected chi connectivity index (χ0v) is 12.8. The van der Waals surface area contributed by atoms with Crippen LogP contribution in [0.5, 0.6) is 0 Å². The first-order chi connectivity index (χ1) is 10.7. The molecule has 2 aromatic rings. The molecule has 3 heteroatoms. The van der Waals surface area contributed by atoms with Crippen molar-refractivity contribution in [1.29, 1.82) is 0 Å². The van der Waals surface area contributed by atoms with Crippen molar-refractivity contribution in [2.45, 2.75) is 44.1 Å². The Morgan fingerprint density at radius 3 is 3.05 bits per heavy atom. The molecule has 5 unspecified atom stereocenters. The van der Waals surface area contributed by atoms with Gasteiger partial charge < -0.3 is 4.98 Å². The molecule has 22 heavy (non-hydrogen) atoms. The van der Waals surface area contributed by atoms with Gasteiger partial charge in [0.2, 0.25) is 0 Å². The Bertz CT molecular complexity index is 769. The lowest BCUT2D eigenvalue weighted by atomic mass is 9.56. The van der Waals surface area contributed by atoms with Gasteiger partial charge in [0.1, 0.15) is 5.82 Å². The van der Waals surface area contributed by atoms with E-state index in [1.807, 2.05) is 18.3 Å². The lowest BCUT2D eigenvalue weighted by Gasteiger charge is -2.49. The zero-order valence-electron chi connectivity index (χ0n) is 12.8. The van der Waals surface area contributed by atoms with E-state index in [0.717, 1.165) is 34.6 Å². The third-order valence-electron chi connectivity index (χ3n) is 7.30. The summed E-state index contributed by atoms with van der Waals surface area (Å²) < 4.78 is 0. The number of hydrogen-bond donors (Lipinski definition) is 1. The molecule has 4 aliphatic carbocycles. The Kier molecular flexibility index (Phi) is 1.96. The van der Waals surface area contributed by atoms with Crippen LogP contribution in [0.4, 0.5) is 0 Å². The van der Waals surface area contributed by atoms with Gasteiger partial charge in [-0.15, -0.1) is 0 Å². The molecule has 3 nitrogen and oxygen atoms in total. The fourth-order valence-corrected chi connectivity index (χ4v) is 6.70. The van der Waals surface area contributed by atoms with Crippen molar-refractivity contribution in [1.82, 2.24) is 9.97 Å². The molecule has 0 saturated heterocycles. The maximum Gasteiger partial charge on any atom is 0.149 e. The number of aromatic nitrogens is 2. The van der Waals surface area contributed by atoms with Crippen LogP contribution in [0.1, 0.15) is 44.3 Å².